The lowest BCUT2D eigenvalue weighted by Crippen LogP contribution is -2.43. The van der Waals surface area contributed by atoms with Gasteiger partial charge in [-0.2, -0.15) is 0 Å². The zero-order valence-corrected chi connectivity index (χ0v) is 12.6. The SMILES string of the molecule is CCN1CCC(N(C)c2cccc(F)c2[C@H](C)O)CC1. The highest BCUT2D eigenvalue weighted by atomic mass is 19.1. The van der Waals surface area contributed by atoms with Crippen molar-refractivity contribution in [2.45, 2.75) is 38.8 Å². The monoisotopic (exact) mass is 280 g/mol. The Kier molecular flexibility index (Phi) is 5.00. The minimum absolute atomic E-state index is 0.324. The highest BCUT2D eigenvalue weighted by Crippen LogP contribution is 2.31. The summed E-state index contributed by atoms with van der Waals surface area (Å²) in [6, 6.07) is 5.45. The van der Waals surface area contributed by atoms with E-state index in [4.69, 9.17) is 0 Å². The highest BCUT2D eigenvalue weighted by Gasteiger charge is 2.25. The van der Waals surface area contributed by atoms with Crippen LogP contribution >= 0.6 is 0 Å². The molecule has 1 N–H and O–H groups in total. The molecule has 1 fully saturated rings. The van der Waals surface area contributed by atoms with Crippen molar-refractivity contribution in [1.29, 1.82) is 0 Å². The summed E-state index contributed by atoms with van der Waals surface area (Å²) in [7, 11) is 2.01. The van der Waals surface area contributed by atoms with Crippen molar-refractivity contribution in [3.05, 3.63) is 29.6 Å². The Morgan fingerprint density at radius 2 is 2.05 bits per heavy atom. The Hall–Kier alpha value is -1.13. The second-order valence-corrected chi connectivity index (χ2v) is 5.62. The number of aliphatic hydroxyl groups is 1. The predicted octanol–water partition coefficient (Wildman–Crippen LogP) is 2.80. The summed E-state index contributed by atoms with van der Waals surface area (Å²) >= 11 is 0. The number of hydrogen-bond donors (Lipinski definition) is 1. The molecule has 1 atom stereocenters. The van der Waals surface area contributed by atoms with Crippen LogP contribution in [-0.4, -0.2) is 42.7 Å². The number of nitrogens with zero attached hydrogens (tertiary/aromatic N) is 2. The van der Waals surface area contributed by atoms with Gasteiger partial charge in [0.15, 0.2) is 0 Å². The molecule has 1 aliphatic rings. The Labute approximate surface area is 121 Å². The fourth-order valence-electron chi connectivity index (χ4n) is 3.07. The molecule has 0 spiro atoms. The number of benzene rings is 1. The molecule has 0 saturated carbocycles. The number of anilines is 1. The number of likely N-dealkylation sites (tertiary alicyclic amines) is 1. The van der Waals surface area contributed by atoms with Crippen LogP contribution in [0.1, 0.15) is 38.4 Å². The van der Waals surface area contributed by atoms with Crippen molar-refractivity contribution in [2.75, 3.05) is 31.6 Å². The van der Waals surface area contributed by atoms with Crippen LogP contribution in [0.15, 0.2) is 18.2 Å². The van der Waals surface area contributed by atoms with Crippen LogP contribution in [0.4, 0.5) is 10.1 Å². The number of piperidine rings is 1. The van der Waals surface area contributed by atoms with Gasteiger partial charge in [0.2, 0.25) is 0 Å². The molecule has 1 saturated heterocycles. The van der Waals surface area contributed by atoms with Gasteiger partial charge in [0.05, 0.1) is 6.10 Å². The van der Waals surface area contributed by atoms with Crippen LogP contribution in [0.5, 0.6) is 0 Å². The van der Waals surface area contributed by atoms with Crippen LogP contribution < -0.4 is 4.90 Å². The third-order valence-electron chi connectivity index (χ3n) is 4.38. The minimum atomic E-state index is -0.788. The van der Waals surface area contributed by atoms with Crippen LogP contribution in [0.25, 0.3) is 0 Å². The zero-order valence-electron chi connectivity index (χ0n) is 12.6. The number of halogens is 1. The predicted molar refractivity (Wildman–Crippen MR) is 80.6 cm³/mol. The van der Waals surface area contributed by atoms with Gasteiger partial charge in [0.1, 0.15) is 5.82 Å². The molecule has 0 aromatic heterocycles. The molecule has 3 nitrogen and oxygen atoms in total. The normalized spacial score (nSPS) is 19.1. The third kappa shape index (κ3) is 3.13. The maximum Gasteiger partial charge on any atom is 0.131 e. The molecule has 1 aromatic rings. The summed E-state index contributed by atoms with van der Waals surface area (Å²) in [6.07, 6.45) is 1.38. The summed E-state index contributed by atoms with van der Waals surface area (Å²) in [4.78, 5) is 4.57. The fourth-order valence-corrected chi connectivity index (χ4v) is 3.07. The summed E-state index contributed by atoms with van der Waals surface area (Å²) < 4.78 is 14.0. The van der Waals surface area contributed by atoms with Crippen molar-refractivity contribution in [1.82, 2.24) is 4.90 Å². The molecule has 4 heteroatoms. The van der Waals surface area contributed by atoms with E-state index in [9.17, 15) is 9.50 Å². The third-order valence-corrected chi connectivity index (χ3v) is 4.38. The summed E-state index contributed by atoms with van der Waals surface area (Å²) in [5, 5.41) is 9.84. The van der Waals surface area contributed by atoms with Crippen LogP contribution in [0.2, 0.25) is 0 Å². The van der Waals surface area contributed by atoms with Crippen molar-refractivity contribution >= 4 is 5.69 Å². The van der Waals surface area contributed by atoms with Crippen molar-refractivity contribution in [3.63, 3.8) is 0 Å². The summed E-state index contributed by atoms with van der Waals surface area (Å²) in [5.41, 5.74) is 1.22. The fraction of sp³-hybridized carbons (Fsp3) is 0.625. The second-order valence-electron chi connectivity index (χ2n) is 5.62. The average Bonchev–Trinajstić information content (AvgIpc) is 2.46. The van der Waals surface area contributed by atoms with Gasteiger partial charge < -0.3 is 14.9 Å². The Morgan fingerprint density at radius 1 is 1.40 bits per heavy atom. The average molecular weight is 280 g/mol. The first kappa shape index (κ1) is 15.3. The lowest BCUT2D eigenvalue weighted by atomic mass is 10.00. The van der Waals surface area contributed by atoms with Gasteiger partial charge in [-0.15, -0.1) is 0 Å². The largest absolute Gasteiger partial charge is 0.389 e. The quantitative estimate of drug-likeness (QED) is 0.918. The number of aliphatic hydroxyl groups excluding tert-OH is 1. The minimum Gasteiger partial charge on any atom is -0.389 e. The lowest BCUT2D eigenvalue weighted by Gasteiger charge is -2.38. The molecule has 20 heavy (non-hydrogen) atoms. The van der Waals surface area contributed by atoms with Gasteiger partial charge in [-0.1, -0.05) is 13.0 Å². The Bertz CT molecular complexity index is 442. The van der Waals surface area contributed by atoms with Crippen LogP contribution in [0.3, 0.4) is 0 Å². The topological polar surface area (TPSA) is 26.7 Å². The van der Waals surface area contributed by atoms with Gasteiger partial charge in [-0.05, 0) is 38.4 Å². The molecule has 112 valence electrons. The molecule has 1 aliphatic heterocycles. The van der Waals surface area contributed by atoms with E-state index in [2.05, 4.69) is 16.7 Å². The van der Waals surface area contributed by atoms with E-state index < -0.39 is 6.10 Å². The molecular formula is C16H25FN2O. The van der Waals surface area contributed by atoms with Crippen molar-refractivity contribution in [3.8, 4) is 0 Å². The van der Waals surface area contributed by atoms with E-state index in [1.54, 1.807) is 13.0 Å². The van der Waals surface area contributed by atoms with E-state index >= 15 is 0 Å². The van der Waals surface area contributed by atoms with Crippen LogP contribution in [0, 0.1) is 5.82 Å². The van der Waals surface area contributed by atoms with E-state index in [0.29, 0.717) is 11.6 Å². The van der Waals surface area contributed by atoms with Crippen molar-refractivity contribution in [2.24, 2.45) is 0 Å². The first-order valence-electron chi connectivity index (χ1n) is 7.46. The first-order chi connectivity index (χ1) is 9.54. The number of rotatable bonds is 4. The summed E-state index contributed by atoms with van der Waals surface area (Å²) in [6.45, 7) is 7.07. The van der Waals surface area contributed by atoms with Gasteiger partial charge in [0.25, 0.3) is 0 Å². The second kappa shape index (κ2) is 6.55. The molecule has 0 bridgehead atoms. The van der Waals surface area contributed by atoms with E-state index in [1.165, 1.54) is 6.07 Å². The standard InChI is InChI=1S/C16H25FN2O/c1-4-19-10-8-13(9-11-19)18(3)15-7-5-6-14(17)16(15)12(2)20/h5-7,12-13,20H,4,8-11H2,1-3H3/t12-/m0/s1. The van der Waals surface area contributed by atoms with Gasteiger partial charge in [0, 0.05) is 37.4 Å². The van der Waals surface area contributed by atoms with Gasteiger partial charge in [-0.25, -0.2) is 4.39 Å². The van der Waals surface area contributed by atoms with Gasteiger partial charge in [-0.3, -0.25) is 0 Å². The number of hydrogen-bond acceptors (Lipinski definition) is 3. The zero-order chi connectivity index (χ0) is 14.7. The molecule has 0 amide bonds. The molecule has 0 aliphatic carbocycles. The maximum absolute atomic E-state index is 14.0. The molecule has 0 unspecified atom stereocenters. The molecule has 1 heterocycles. The molecular weight excluding hydrogens is 255 g/mol. The van der Waals surface area contributed by atoms with Gasteiger partial charge >= 0.3 is 0 Å². The molecule has 0 radical (unpaired) electrons. The van der Waals surface area contributed by atoms with E-state index in [1.807, 2.05) is 13.1 Å². The molecule has 1 aromatic carbocycles. The summed E-state index contributed by atoms with van der Waals surface area (Å²) in [5.74, 6) is -0.324. The van der Waals surface area contributed by atoms with E-state index in [-0.39, 0.29) is 5.82 Å². The van der Waals surface area contributed by atoms with Crippen molar-refractivity contribution < 1.29 is 9.50 Å². The Morgan fingerprint density at radius 3 is 2.60 bits per heavy atom. The first-order valence-corrected chi connectivity index (χ1v) is 7.46. The van der Waals surface area contributed by atoms with Crippen LogP contribution in [-0.2, 0) is 0 Å². The van der Waals surface area contributed by atoms with E-state index in [0.717, 1.165) is 38.2 Å². The molecule has 2 rings (SSSR count). The Balaban J connectivity index is 2.17. The maximum atomic E-state index is 14.0. The smallest absolute Gasteiger partial charge is 0.131 e. The highest BCUT2D eigenvalue weighted by molar-refractivity contribution is 5.55. The lowest BCUT2D eigenvalue weighted by molar-refractivity contribution is 0.193.